The van der Waals surface area contributed by atoms with E-state index >= 15 is 0 Å². The second-order valence-electron chi connectivity index (χ2n) is 13.6. The SMILES string of the molecule is C.C.C#Cc1ccc(N(c2ccccc2)c2ccccc2)cc1.O=Cc1ccc(O)c(Br)c1.O=Cc1ccc2oc(-c3ccc(N(c4ccccc4)c4ccccc4)cc3)cc2c1. The first-order valence-electron chi connectivity index (χ1n) is 19.3. The molecule has 9 rings (SSSR count). The number of hydrogen-bond donors (Lipinski definition) is 1. The number of carbonyl (C=O) groups is 2. The summed E-state index contributed by atoms with van der Waals surface area (Å²) in [7, 11) is 0. The van der Waals surface area contributed by atoms with Crippen molar-refractivity contribution in [3.05, 3.63) is 233 Å². The number of nitrogens with zero attached hydrogens (tertiary/aromatic N) is 2. The first kappa shape index (κ1) is 46.2. The van der Waals surface area contributed by atoms with Gasteiger partial charge in [0, 0.05) is 61.8 Å². The Hall–Kier alpha value is -7.92. The van der Waals surface area contributed by atoms with E-state index in [-0.39, 0.29) is 20.6 Å². The third-order valence-corrected chi connectivity index (χ3v) is 10.2. The second-order valence-corrected chi connectivity index (χ2v) is 14.5. The van der Waals surface area contributed by atoms with Crippen molar-refractivity contribution in [3.63, 3.8) is 0 Å². The molecule has 1 aromatic heterocycles. The van der Waals surface area contributed by atoms with E-state index in [4.69, 9.17) is 15.9 Å². The van der Waals surface area contributed by atoms with Crippen LogP contribution in [0.4, 0.5) is 34.1 Å². The van der Waals surface area contributed by atoms with Crippen LogP contribution in [0.1, 0.15) is 41.1 Å². The maximum Gasteiger partial charge on any atom is 0.150 e. The van der Waals surface area contributed by atoms with E-state index < -0.39 is 0 Å². The first-order valence-corrected chi connectivity index (χ1v) is 20.1. The zero-order chi connectivity index (χ0) is 42.4. The van der Waals surface area contributed by atoms with Crippen molar-refractivity contribution in [2.45, 2.75) is 14.9 Å². The number of phenols is 1. The Balaban J connectivity index is 0.000000197. The zero-order valence-corrected chi connectivity index (χ0v) is 34.5. The topological polar surface area (TPSA) is 74.0 Å². The molecule has 0 aliphatic heterocycles. The number of furan rings is 1. The molecule has 0 atom stereocenters. The lowest BCUT2D eigenvalue weighted by molar-refractivity contribution is 0.111. The van der Waals surface area contributed by atoms with Crippen molar-refractivity contribution in [3.8, 4) is 29.4 Å². The van der Waals surface area contributed by atoms with E-state index in [0.29, 0.717) is 15.6 Å². The lowest BCUT2D eigenvalue weighted by Gasteiger charge is -2.25. The fourth-order valence-corrected chi connectivity index (χ4v) is 6.95. The van der Waals surface area contributed by atoms with E-state index in [1.54, 1.807) is 18.2 Å². The van der Waals surface area contributed by atoms with Crippen LogP contribution in [0.3, 0.4) is 0 Å². The molecule has 0 aliphatic carbocycles. The fraction of sp³-hybridized carbons (Fsp3) is 0.0357. The summed E-state index contributed by atoms with van der Waals surface area (Å²) in [5.41, 5.74) is 10.4. The molecular weight excluding hydrogens is 845 g/mol. The highest BCUT2D eigenvalue weighted by Gasteiger charge is 2.14. The molecule has 0 aliphatic rings. The average molecular weight is 892 g/mol. The van der Waals surface area contributed by atoms with Crippen LogP contribution in [0.5, 0.6) is 5.75 Å². The maximum absolute atomic E-state index is 11.0. The largest absolute Gasteiger partial charge is 0.507 e. The average Bonchev–Trinajstić information content (AvgIpc) is 3.76. The van der Waals surface area contributed by atoms with Gasteiger partial charge in [-0.05, 0) is 155 Å². The molecule has 0 unspecified atom stereocenters. The maximum atomic E-state index is 11.0. The van der Waals surface area contributed by atoms with Gasteiger partial charge in [-0.1, -0.05) is 93.6 Å². The first-order chi connectivity index (χ1) is 29.9. The van der Waals surface area contributed by atoms with Crippen molar-refractivity contribution < 1.29 is 19.1 Å². The van der Waals surface area contributed by atoms with Crippen molar-refractivity contribution in [2.75, 3.05) is 9.80 Å². The number of aromatic hydroxyl groups is 1. The smallest absolute Gasteiger partial charge is 0.150 e. The Bertz CT molecular complexity index is 2780. The van der Waals surface area contributed by atoms with E-state index in [2.05, 4.69) is 117 Å². The number of halogens is 1. The van der Waals surface area contributed by atoms with Crippen LogP contribution in [0.2, 0.25) is 0 Å². The molecule has 0 amide bonds. The van der Waals surface area contributed by atoms with Crippen LogP contribution in [-0.2, 0) is 0 Å². The minimum Gasteiger partial charge on any atom is -0.507 e. The Morgan fingerprint density at radius 3 is 1.30 bits per heavy atom. The summed E-state index contributed by atoms with van der Waals surface area (Å²) in [5, 5.41) is 9.90. The van der Waals surface area contributed by atoms with Crippen molar-refractivity contribution in [1.29, 1.82) is 0 Å². The Kier molecular flexibility index (Phi) is 16.6. The zero-order valence-electron chi connectivity index (χ0n) is 32.9. The monoisotopic (exact) mass is 890 g/mol. The number of aldehydes is 2. The number of phenolic OH excluding ortho intramolecular Hbond substituents is 1. The van der Waals surface area contributed by atoms with Gasteiger partial charge in [0.05, 0.1) is 4.47 Å². The summed E-state index contributed by atoms with van der Waals surface area (Å²) in [4.78, 5) is 25.6. The molecule has 1 heterocycles. The van der Waals surface area contributed by atoms with Gasteiger partial charge in [0.15, 0.2) is 0 Å². The molecule has 0 spiro atoms. The highest BCUT2D eigenvalue weighted by molar-refractivity contribution is 9.10. The molecule has 8 aromatic carbocycles. The van der Waals surface area contributed by atoms with Crippen LogP contribution in [-0.4, -0.2) is 17.7 Å². The number of para-hydroxylation sites is 4. The molecule has 7 heteroatoms. The van der Waals surface area contributed by atoms with E-state index in [9.17, 15) is 9.59 Å². The van der Waals surface area contributed by atoms with Gasteiger partial charge in [-0.3, -0.25) is 9.59 Å². The van der Waals surface area contributed by atoms with Gasteiger partial charge >= 0.3 is 0 Å². The van der Waals surface area contributed by atoms with Crippen LogP contribution >= 0.6 is 15.9 Å². The van der Waals surface area contributed by atoms with Gasteiger partial charge in [-0.15, -0.1) is 6.42 Å². The standard InChI is InChI=1S/C27H19NO2.C20H15N.C7H5BrO2.2CH4/c29-19-20-11-16-26-22(17-20)18-27(30-26)21-12-14-25(15-13-21)28(23-7-3-1-4-8-23)24-9-5-2-6-10-24;1-2-17-13-15-20(16-14-17)21(18-9-5-3-6-10-18)19-11-7-4-8-12-19;8-6-3-5(4-9)1-2-7(6)10;;/h1-19H;1,3-16H;1-4,10H;2*1H4. The molecule has 0 saturated carbocycles. The Labute approximate surface area is 378 Å². The van der Waals surface area contributed by atoms with Crippen molar-refractivity contribution in [2.24, 2.45) is 0 Å². The molecule has 63 heavy (non-hydrogen) atoms. The normalized spacial score (nSPS) is 9.90. The van der Waals surface area contributed by atoms with E-state index in [1.165, 1.54) is 6.07 Å². The summed E-state index contributed by atoms with van der Waals surface area (Å²) < 4.78 is 6.53. The summed E-state index contributed by atoms with van der Waals surface area (Å²) in [6.45, 7) is 0. The van der Waals surface area contributed by atoms with Gasteiger partial charge in [-0.25, -0.2) is 0 Å². The van der Waals surface area contributed by atoms with Gasteiger partial charge in [0.25, 0.3) is 0 Å². The molecule has 0 radical (unpaired) electrons. The fourth-order valence-electron chi connectivity index (χ4n) is 6.56. The minimum absolute atomic E-state index is 0. The lowest BCUT2D eigenvalue weighted by atomic mass is 10.1. The molecule has 0 fully saturated rings. The number of fused-ring (bicyclic) bond motifs is 1. The van der Waals surface area contributed by atoms with Crippen LogP contribution in [0, 0.1) is 12.3 Å². The van der Waals surface area contributed by atoms with Gasteiger partial charge in [0.2, 0.25) is 0 Å². The summed E-state index contributed by atoms with van der Waals surface area (Å²) in [5.74, 6) is 3.58. The molecule has 9 aromatic rings. The third kappa shape index (κ3) is 11.7. The van der Waals surface area contributed by atoms with Crippen LogP contribution < -0.4 is 9.80 Å². The number of hydrogen-bond acceptors (Lipinski definition) is 6. The van der Waals surface area contributed by atoms with Gasteiger partial charge in [0.1, 0.15) is 29.7 Å². The number of carbonyl (C=O) groups excluding carboxylic acids is 2. The minimum atomic E-state index is 0. The van der Waals surface area contributed by atoms with Gasteiger partial charge in [-0.2, -0.15) is 0 Å². The summed E-state index contributed by atoms with van der Waals surface area (Å²) >= 11 is 3.08. The third-order valence-electron chi connectivity index (χ3n) is 9.54. The lowest BCUT2D eigenvalue weighted by Crippen LogP contribution is -2.09. The quantitative estimate of drug-likeness (QED) is 0.115. The Morgan fingerprint density at radius 1 is 0.492 bits per heavy atom. The predicted molar refractivity (Wildman–Crippen MR) is 265 cm³/mol. The van der Waals surface area contributed by atoms with Crippen molar-refractivity contribution in [1.82, 2.24) is 0 Å². The molecule has 312 valence electrons. The van der Waals surface area contributed by atoms with Gasteiger partial charge < -0.3 is 19.3 Å². The number of anilines is 6. The number of terminal acetylenes is 1. The molecular formula is C56H47BrN2O4. The highest BCUT2D eigenvalue weighted by Crippen LogP contribution is 2.37. The van der Waals surface area contributed by atoms with Crippen LogP contribution in [0.15, 0.2) is 221 Å². The Morgan fingerprint density at radius 2 is 0.889 bits per heavy atom. The highest BCUT2D eigenvalue weighted by atomic mass is 79.9. The van der Waals surface area contributed by atoms with E-state index in [0.717, 1.165) is 74.6 Å². The summed E-state index contributed by atoms with van der Waals surface area (Å²) in [6.07, 6.45) is 7.01. The van der Waals surface area contributed by atoms with Crippen LogP contribution in [0.25, 0.3) is 22.3 Å². The summed E-state index contributed by atoms with van der Waals surface area (Å²) in [6, 6.07) is 69.6. The number of rotatable bonds is 9. The van der Waals surface area contributed by atoms with E-state index in [1.807, 2.05) is 103 Å². The molecule has 0 bridgehead atoms. The molecule has 6 nitrogen and oxygen atoms in total. The second kappa shape index (κ2) is 22.6. The predicted octanol–water partition coefficient (Wildman–Crippen LogP) is 15.8. The molecule has 1 N–H and O–H groups in total. The molecule has 0 saturated heterocycles. The van der Waals surface area contributed by atoms with Crippen molar-refractivity contribution >= 4 is 73.6 Å². The number of benzene rings is 8.